The van der Waals surface area contributed by atoms with Crippen LogP contribution in [0.2, 0.25) is 5.02 Å². The Morgan fingerprint density at radius 3 is 2.50 bits per heavy atom. The SMILES string of the molecule is Cc1nc(CN)c(CCc2ccc(Cl)cc2)n1C. The van der Waals surface area contributed by atoms with Crippen LogP contribution in [0.15, 0.2) is 24.3 Å². The Morgan fingerprint density at radius 1 is 1.22 bits per heavy atom. The van der Waals surface area contributed by atoms with Crippen molar-refractivity contribution in [2.75, 3.05) is 0 Å². The fourth-order valence-electron chi connectivity index (χ4n) is 2.11. The second-order valence-electron chi connectivity index (χ2n) is 4.44. The van der Waals surface area contributed by atoms with Crippen LogP contribution >= 0.6 is 11.6 Å². The largest absolute Gasteiger partial charge is 0.335 e. The molecule has 0 amide bonds. The Hall–Kier alpha value is -1.32. The summed E-state index contributed by atoms with van der Waals surface area (Å²) in [6.45, 7) is 2.50. The van der Waals surface area contributed by atoms with Gasteiger partial charge in [-0.25, -0.2) is 4.98 Å². The second kappa shape index (κ2) is 5.55. The number of aromatic nitrogens is 2. The maximum atomic E-state index is 5.87. The lowest BCUT2D eigenvalue weighted by Crippen LogP contribution is -2.06. The molecule has 0 aliphatic carbocycles. The van der Waals surface area contributed by atoms with Gasteiger partial charge in [0.15, 0.2) is 0 Å². The Morgan fingerprint density at radius 2 is 1.89 bits per heavy atom. The summed E-state index contributed by atoms with van der Waals surface area (Å²) in [4.78, 5) is 4.47. The molecule has 0 fully saturated rings. The minimum Gasteiger partial charge on any atom is -0.335 e. The number of imidazole rings is 1. The second-order valence-corrected chi connectivity index (χ2v) is 4.88. The van der Waals surface area contributed by atoms with E-state index >= 15 is 0 Å². The summed E-state index contributed by atoms with van der Waals surface area (Å²) >= 11 is 5.87. The van der Waals surface area contributed by atoms with E-state index in [9.17, 15) is 0 Å². The first-order chi connectivity index (χ1) is 8.61. The van der Waals surface area contributed by atoms with Gasteiger partial charge in [0.2, 0.25) is 0 Å². The van der Waals surface area contributed by atoms with Crippen molar-refractivity contribution in [2.45, 2.75) is 26.3 Å². The molecule has 4 heteroatoms. The molecule has 0 spiro atoms. The van der Waals surface area contributed by atoms with Crippen LogP contribution in [0.1, 0.15) is 22.8 Å². The van der Waals surface area contributed by atoms with Gasteiger partial charge in [0.25, 0.3) is 0 Å². The van der Waals surface area contributed by atoms with Gasteiger partial charge >= 0.3 is 0 Å². The molecule has 0 atom stereocenters. The van der Waals surface area contributed by atoms with E-state index in [0.717, 1.165) is 29.4 Å². The topological polar surface area (TPSA) is 43.8 Å². The molecule has 1 aromatic heterocycles. The molecule has 1 heterocycles. The van der Waals surface area contributed by atoms with Crippen molar-refractivity contribution in [1.82, 2.24) is 9.55 Å². The number of hydrogen-bond acceptors (Lipinski definition) is 2. The summed E-state index contributed by atoms with van der Waals surface area (Å²) in [5.74, 6) is 1.02. The molecule has 0 aliphatic rings. The molecule has 18 heavy (non-hydrogen) atoms. The zero-order valence-electron chi connectivity index (χ0n) is 10.8. The lowest BCUT2D eigenvalue weighted by Gasteiger charge is -2.06. The third-order valence-electron chi connectivity index (χ3n) is 3.28. The summed E-state index contributed by atoms with van der Waals surface area (Å²) in [5.41, 5.74) is 9.24. The minimum atomic E-state index is 0.498. The molecule has 0 aliphatic heterocycles. The Balaban J connectivity index is 2.12. The Bertz CT molecular complexity index is 529. The molecule has 3 nitrogen and oxygen atoms in total. The molecule has 96 valence electrons. The first-order valence-electron chi connectivity index (χ1n) is 6.07. The van der Waals surface area contributed by atoms with Gasteiger partial charge in [0, 0.05) is 24.3 Å². The highest BCUT2D eigenvalue weighted by atomic mass is 35.5. The average molecular weight is 264 g/mol. The molecule has 2 rings (SSSR count). The lowest BCUT2D eigenvalue weighted by atomic mass is 10.1. The van der Waals surface area contributed by atoms with Crippen LogP contribution in [0.5, 0.6) is 0 Å². The smallest absolute Gasteiger partial charge is 0.105 e. The summed E-state index contributed by atoms with van der Waals surface area (Å²) < 4.78 is 2.12. The normalized spacial score (nSPS) is 10.9. The van der Waals surface area contributed by atoms with Gasteiger partial charge in [-0.3, -0.25) is 0 Å². The van der Waals surface area contributed by atoms with E-state index in [2.05, 4.69) is 21.7 Å². The van der Waals surface area contributed by atoms with Crippen molar-refractivity contribution >= 4 is 11.6 Å². The zero-order chi connectivity index (χ0) is 13.1. The van der Waals surface area contributed by atoms with E-state index in [4.69, 9.17) is 17.3 Å². The van der Waals surface area contributed by atoms with Gasteiger partial charge in [-0.2, -0.15) is 0 Å². The van der Waals surface area contributed by atoms with Gasteiger partial charge < -0.3 is 10.3 Å². The maximum absolute atomic E-state index is 5.87. The zero-order valence-corrected chi connectivity index (χ0v) is 11.5. The third kappa shape index (κ3) is 2.74. The first kappa shape index (κ1) is 13.1. The fourth-order valence-corrected chi connectivity index (χ4v) is 2.24. The van der Waals surface area contributed by atoms with E-state index in [-0.39, 0.29) is 0 Å². The highest BCUT2D eigenvalue weighted by molar-refractivity contribution is 6.30. The summed E-state index contributed by atoms with van der Waals surface area (Å²) in [6.07, 6.45) is 1.93. The van der Waals surface area contributed by atoms with Crippen LogP contribution in [0.3, 0.4) is 0 Å². The van der Waals surface area contributed by atoms with E-state index < -0.39 is 0 Å². The van der Waals surface area contributed by atoms with Crippen LogP contribution in [-0.4, -0.2) is 9.55 Å². The Kier molecular flexibility index (Phi) is 4.04. The van der Waals surface area contributed by atoms with E-state index in [0.29, 0.717) is 6.54 Å². The fraction of sp³-hybridized carbons (Fsp3) is 0.357. The number of benzene rings is 1. The van der Waals surface area contributed by atoms with E-state index in [1.807, 2.05) is 26.1 Å². The molecular weight excluding hydrogens is 246 g/mol. The lowest BCUT2D eigenvalue weighted by molar-refractivity contribution is 0.765. The van der Waals surface area contributed by atoms with Crippen LogP contribution in [-0.2, 0) is 26.4 Å². The molecule has 2 N–H and O–H groups in total. The standard InChI is InChI=1S/C14H18ClN3/c1-10-17-13(9-16)14(18(10)2)8-5-11-3-6-12(15)7-4-11/h3-4,6-7H,5,8-9,16H2,1-2H3. The number of rotatable bonds is 4. The third-order valence-corrected chi connectivity index (χ3v) is 3.53. The van der Waals surface area contributed by atoms with Crippen LogP contribution in [0, 0.1) is 6.92 Å². The van der Waals surface area contributed by atoms with Gasteiger partial charge in [0.1, 0.15) is 5.82 Å². The summed E-state index contributed by atoms with van der Waals surface area (Å²) in [7, 11) is 2.04. The van der Waals surface area contributed by atoms with Crippen molar-refractivity contribution in [2.24, 2.45) is 12.8 Å². The molecule has 0 bridgehead atoms. The van der Waals surface area contributed by atoms with Crippen molar-refractivity contribution in [3.8, 4) is 0 Å². The van der Waals surface area contributed by atoms with Crippen LogP contribution in [0.25, 0.3) is 0 Å². The summed E-state index contributed by atoms with van der Waals surface area (Å²) in [5, 5.41) is 0.776. The molecule has 1 aromatic carbocycles. The predicted octanol–water partition coefficient (Wildman–Crippen LogP) is 2.63. The Labute approximate surface area is 113 Å². The molecule has 0 radical (unpaired) electrons. The molecule has 2 aromatic rings. The van der Waals surface area contributed by atoms with E-state index in [1.165, 1.54) is 11.3 Å². The minimum absolute atomic E-state index is 0.498. The average Bonchev–Trinajstić information content (AvgIpc) is 2.65. The maximum Gasteiger partial charge on any atom is 0.105 e. The van der Waals surface area contributed by atoms with Gasteiger partial charge in [-0.1, -0.05) is 23.7 Å². The number of halogens is 1. The molecule has 0 unspecified atom stereocenters. The molecular formula is C14H18ClN3. The number of nitrogens with two attached hydrogens (primary N) is 1. The molecule has 0 saturated heterocycles. The van der Waals surface area contributed by atoms with Crippen molar-refractivity contribution < 1.29 is 0 Å². The number of nitrogens with zero attached hydrogens (tertiary/aromatic N) is 2. The van der Waals surface area contributed by atoms with Crippen molar-refractivity contribution in [3.05, 3.63) is 52.1 Å². The van der Waals surface area contributed by atoms with Crippen molar-refractivity contribution in [3.63, 3.8) is 0 Å². The van der Waals surface area contributed by atoms with Gasteiger partial charge in [-0.05, 0) is 37.5 Å². The molecule has 0 saturated carbocycles. The first-order valence-corrected chi connectivity index (χ1v) is 6.45. The van der Waals surface area contributed by atoms with E-state index in [1.54, 1.807) is 0 Å². The predicted molar refractivity (Wildman–Crippen MR) is 74.7 cm³/mol. The quantitative estimate of drug-likeness (QED) is 0.922. The van der Waals surface area contributed by atoms with Gasteiger partial charge in [-0.15, -0.1) is 0 Å². The number of aryl methyl sites for hydroxylation is 2. The van der Waals surface area contributed by atoms with Crippen molar-refractivity contribution in [1.29, 1.82) is 0 Å². The van der Waals surface area contributed by atoms with Gasteiger partial charge in [0.05, 0.1) is 5.69 Å². The van der Waals surface area contributed by atoms with Crippen LogP contribution in [0.4, 0.5) is 0 Å². The summed E-state index contributed by atoms with van der Waals surface area (Å²) in [6, 6.07) is 7.98. The van der Waals surface area contributed by atoms with Crippen LogP contribution < -0.4 is 5.73 Å². The highest BCUT2D eigenvalue weighted by Gasteiger charge is 2.10. The number of hydrogen-bond donors (Lipinski definition) is 1. The monoisotopic (exact) mass is 263 g/mol. The highest BCUT2D eigenvalue weighted by Crippen LogP contribution is 2.15.